The Morgan fingerprint density at radius 1 is 1.47 bits per heavy atom. The van der Waals surface area contributed by atoms with Gasteiger partial charge < -0.3 is 9.84 Å². The minimum atomic E-state index is -0.504. The fourth-order valence-electron chi connectivity index (χ4n) is 1.91. The summed E-state index contributed by atoms with van der Waals surface area (Å²) < 4.78 is 5.82. The third-order valence-corrected chi connectivity index (χ3v) is 3.22. The van der Waals surface area contributed by atoms with E-state index in [1.54, 1.807) is 13.0 Å². The van der Waals surface area contributed by atoms with Gasteiger partial charge in [-0.2, -0.15) is 0 Å². The molecule has 3 heteroatoms. The van der Waals surface area contributed by atoms with Gasteiger partial charge in [0.25, 0.3) is 0 Å². The summed E-state index contributed by atoms with van der Waals surface area (Å²) in [6, 6.07) is 5.43. The van der Waals surface area contributed by atoms with Gasteiger partial charge in [0.05, 0.1) is 11.1 Å². The van der Waals surface area contributed by atoms with Gasteiger partial charge in [0.2, 0.25) is 0 Å². The Bertz CT molecular complexity index is 413. The van der Waals surface area contributed by atoms with Gasteiger partial charge in [0.15, 0.2) is 0 Å². The number of aliphatic hydroxyl groups excluding tert-OH is 1. The zero-order chi connectivity index (χ0) is 12.3. The SMILES string of the molecule is C[C@H](O)c1ccc(OC2C=CCCC2)c(Cl)c1. The van der Waals surface area contributed by atoms with E-state index in [4.69, 9.17) is 16.3 Å². The number of rotatable bonds is 3. The molecule has 0 bridgehead atoms. The molecule has 1 aromatic carbocycles. The lowest BCUT2D eigenvalue weighted by molar-refractivity contribution is 0.198. The van der Waals surface area contributed by atoms with Crippen molar-refractivity contribution in [1.82, 2.24) is 0 Å². The standard InChI is InChI=1S/C14H17ClO2/c1-10(16)11-7-8-14(13(15)9-11)17-12-5-3-2-4-6-12/h3,5,7-10,12,16H,2,4,6H2,1H3/t10-,12?/m0/s1. The summed E-state index contributed by atoms with van der Waals surface area (Å²) in [5.41, 5.74) is 0.807. The average Bonchev–Trinajstić information content (AvgIpc) is 2.33. The number of aliphatic hydroxyl groups is 1. The molecule has 0 spiro atoms. The van der Waals surface area contributed by atoms with Crippen LogP contribution < -0.4 is 4.74 Å². The van der Waals surface area contributed by atoms with Gasteiger partial charge in [-0.3, -0.25) is 0 Å². The molecule has 1 unspecified atom stereocenters. The summed E-state index contributed by atoms with van der Waals surface area (Å²) in [5.74, 6) is 0.688. The molecule has 17 heavy (non-hydrogen) atoms. The third kappa shape index (κ3) is 3.24. The van der Waals surface area contributed by atoms with Crippen molar-refractivity contribution in [3.63, 3.8) is 0 Å². The molecule has 1 aliphatic carbocycles. The number of allylic oxidation sites excluding steroid dienone is 1. The average molecular weight is 253 g/mol. The van der Waals surface area contributed by atoms with Crippen LogP contribution in [-0.4, -0.2) is 11.2 Å². The highest BCUT2D eigenvalue weighted by atomic mass is 35.5. The van der Waals surface area contributed by atoms with Crippen LogP contribution in [0.5, 0.6) is 5.75 Å². The monoisotopic (exact) mass is 252 g/mol. The summed E-state index contributed by atoms with van der Waals surface area (Å²) >= 11 is 6.13. The molecule has 0 heterocycles. The Morgan fingerprint density at radius 3 is 2.88 bits per heavy atom. The van der Waals surface area contributed by atoms with E-state index in [0.29, 0.717) is 10.8 Å². The second-order valence-electron chi connectivity index (χ2n) is 4.38. The smallest absolute Gasteiger partial charge is 0.138 e. The van der Waals surface area contributed by atoms with E-state index in [-0.39, 0.29) is 6.10 Å². The van der Waals surface area contributed by atoms with Gasteiger partial charge in [-0.25, -0.2) is 0 Å². The maximum absolute atomic E-state index is 9.45. The van der Waals surface area contributed by atoms with E-state index in [1.807, 2.05) is 12.1 Å². The maximum atomic E-state index is 9.45. The van der Waals surface area contributed by atoms with Crippen LogP contribution in [0.15, 0.2) is 30.4 Å². The van der Waals surface area contributed by atoms with Gasteiger partial charge in [-0.15, -0.1) is 0 Å². The van der Waals surface area contributed by atoms with Gasteiger partial charge in [0, 0.05) is 0 Å². The topological polar surface area (TPSA) is 29.5 Å². The minimum absolute atomic E-state index is 0.124. The van der Waals surface area contributed by atoms with Crippen molar-refractivity contribution in [3.05, 3.63) is 40.9 Å². The molecule has 1 N–H and O–H groups in total. The Hall–Kier alpha value is -0.990. The highest BCUT2D eigenvalue weighted by Gasteiger charge is 2.13. The summed E-state index contributed by atoms with van der Waals surface area (Å²) in [7, 11) is 0. The molecule has 0 aromatic heterocycles. The first-order valence-electron chi connectivity index (χ1n) is 5.97. The molecule has 1 aliphatic rings. The van der Waals surface area contributed by atoms with Gasteiger partial charge in [-0.05, 0) is 50.0 Å². The summed E-state index contributed by atoms with van der Waals surface area (Å²) in [6.07, 6.45) is 7.17. The van der Waals surface area contributed by atoms with Crippen LogP contribution in [0, 0.1) is 0 Å². The molecular weight excluding hydrogens is 236 g/mol. The quantitative estimate of drug-likeness (QED) is 0.828. The predicted octanol–water partition coefficient (Wildman–Crippen LogP) is 3.88. The lowest BCUT2D eigenvalue weighted by Crippen LogP contribution is -2.15. The van der Waals surface area contributed by atoms with E-state index in [2.05, 4.69) is 12.2 Å². The second kappa shape index (κ2) is 5.56. The fourth-order valence-corrected chi connectivity index (χ4v) is 2.15. The van der Waals surface area contributed by atoms with Crippen LogP contribution in [-0.2, 0) is 0 Å². The molecule has 2 nitrogen and oxygen atoms in total. The number of halogens is 1. The molecule has 0 saturated heterocycles. The molecule has 0 fully saturated rings. The van der Waals surface area contributed by atoms with Crippen molar-refractivity contribution in [2.24, 2.45) is 0 Å². The van der Waals surface area contributed by atoms with Gasteiger partial charge in [-0.1, -0.05) is 23.7 Å². The maximum Gasteiger partial charge on any atom is 0.138 e. The van der Waals surface area contributed by atoms with E-state index in [0.717, 1.165) is 24.8 Å². The minimum Gasteiger partial charge on any atom is -0.485 e. The summed E-state index contributed by atoms with van der Waals surface area (Å²) in [6.45, 7) is 1.72. The van der Waals surface area contributed by atoms with Gasteiger partial charge >= 0.3 is 0 Å². The van der Waals surface area contributed by atoms with E-state index < -0.39 is 6.10 Å². The van der Waals surface area contributed by atoms with Crippen molar-refractivity contribution in [1.29, 1.82) is 0 Å². The van der Waals surface area contributed by atoms with Crippen molar-refractivity contribution in [2.75, 3.05) is 0 Å². The van der Waals surface area contributed by atoms with E-state index >= 15 is 0 Å². The Morgan fingerprint density at radius 2 is 2.29 bits per heavy atom. The number of hydrogen-bond acceptors (Lipinski definition) is 2. The summed E-state index contributed by atoms with van der Waals surface area (Å²) in [4.78, 5) is 0. The van der Waals surface area contributed by atoms with Crippen LogP contribution in [0.2, 0.25) is 5.02 Å². The highest BCUT2D eigenvalue weighted by molar-refractivity contribution is 6.32. The molecule has 0 amide bonds. The highest BCUT2D eigenvalue weighted by Crippen LogP contribution is 2.30. The van der Waals surface area contributed by atoms with Crippen LogP contribution in [0.1, 0.15) is 37.9 Å². The van der Waals surface area contributed by atoms with Crippen LogP contribution in [0.3, 0.4) is 0 Å². The Labute approximate surface area is 107 Å². The molecule has 2 atom stereocenters. The molecule has 0 radical (unpaired) electrons. The van der Waals surface area contributed by atoms with Crippen LogP contribution >= 0.6 is 11.6 Å². The zero-order valence-corrected chi connectivity index (χ0v) is 10.7. The van der Waals surface area contributed by atoms with E-state index in [9.17, 15) is 5.11 Å². The zero-order valence-electron chi connectivity index (χ0n) is 9.90. The first-order valence-corrected chi connectivity index (χ1v) is 6.35. The normalized spacial score (nSPS) is 21.2. The first-order chi connectivity index (χ1) is 8.16. The molecular formula is C14H17ClO2. The van der Waals surface area contributed by atoms with Crippen molar-refractivity contribution < 1.29 is 9.84 Å². The molecule has 0 aliphatic heterocycles. The molecule has 0 saturated carbocycles. The second-order valence-corrected chi connectivity index (χ2v) is 4.79. The van der Waals surface area contributed by atoms with Gasteiger partial charge in [0.1, 0.15) is 11.9 Å². The third-order valence-electron chi connectivity index (χ3n) is 2.93. The number of benzene rings is 1. The lowest BCUT2D eigenvalue weighted by Gasteiger charge is -2.19. The molecule has 1 aromatic rings. The summed E-state index contributed by atoms with van der Waals surface area (Å²) in [5, 5.41) is 10.0. The molecule has 2 rings (SSSR count). The number of hydrogen-bond donors (Lipinski definition) is 1. The Balaban J connectivity index is 2.10. The van der Waals surface area contributed by atoms with E-state index in [1.165, 1.54) is 0 Å². The number of ether oxygens (including phenoxy) is 1. The predicted molar refractivity (Wildman–Crippen MR) is 69.5 cm³/mol. The Kier molecular flexibility index (Phi) is 4.08. The van der Waals surface area contributed by atoms with Crippen LogP contribution in [0.25, 0.3) is 0 Å². The van der Waals surface area contributed by atoms with Crippen molar-refractivity contribution in [2.45, 2.75) is 38.4 Å². The van der Waals surface area contributed by atoms with Crippen LogP contribution in [0.4, 0.5) is 0 Å². The van der Waals surface area contributed by atoms with Crippen molar-refractivity contribution in [3.8, 4) is 5.75 Å². The fraction of sp³-hybridized carbons (Fsp3) is 0.429. The van der Waals surface area contributed by atoms with Crippen molar-refractivity contribution >= 4 is 11.6 Å². The first kappa shape index (κ1) is 12.5. The lowest BCUT2D eigenvalue weighted by atomic mass is 10.1. The largest absolute Gasteiger partial charge is 0.485 e. The molecule has 92 valence electrons.